The molecule has 0 aliphatic heterocycles. The van der Waals surface area contributed by atoms with Gasteiger partial charge in [-0.1, -0.05) is 6.07 Å². The molecule has 122 valence electrons. The van der Waals surface area contributed by atoms with Gasteiger partial charge in [-0.15, -0.1) is 0 Å². The molecule has 0 radical (unpaired) electrons. The molecule has 2 rings (SSSR count). The molecule has 0 spiro atoms. The number of hydrogen-bond donors (Lipinski definition) is 0. The number of methoxy groups -OCH3 is 2. The van der Waals surface area contributed by atoms with E-state index in [1.165, 1.54) is 24.4 Å². The lowest BCUT2D eigenvalue weighted by Crippen LogP contribution is -2.18. The SMILES string of the molecule is COC(=O)c1cccc(C(F)(F)F)c1-n1cccc1C(=O)OC. The van der Waals surface area contributed by atoms with Crippen molar-refractivity contribution in [3.63, 3.8) is 0 Å². The van der Waals surface area contributed by atoms with Crippen molar-refractivity contribution in [1.82, 2.24) is 4.57 Å². The summed E-state index contributed by atoms with van der Waals surface area (Å²) in [4.78, 5) is 23.6. The summed E-state index contributed by atoms with van der Waals surface area (Å²) in [5.74, 6) is -1.78. The highest BCUT2D eigenvalue weighted by Crippen LogP contribution is 2.36. The summed E-state index contributed by atoms with van der Waals surface area (Å²) in [5.41, 5.74) is -2.02. The van der Waals surface area contributed by atoms with Gasteiger partial charge in [-0.05, 0) is 24.3 Å². The molecular weight excluding hydrogens is 315 g/mol. The molecule has 0 fully saturated rings. The van der Waals surface area contributed by atoms with Crippen LogP contribution in [0.15, 0.2) is 36.5 Å². The fraction of sp³-hybridized carbons (Fsp3) is 0.200. The Morgan fingerprint density at radius 3 is 2.22 bits per heavy atom. The highest BCUT2D eigenvalue weighted by molar-refractivity contribution is 5.95. The Bertz CT molecular complexity index is 749. The number of esters is 2. The maximum Gasteiger partial charge on any atom is 0.418 e. The fourth-order valence-electron chi connectivity index (χ4n) is 2.15. The zero-order valence-electron chi connectivity index (χ0n) is 12.2. The van der Waals surface area contributed by atoms with E-state index in [-0.39, 0.29) is 11.3 Å². The Morgan fingerprint density at radius 1 is 1.00 bits per heavy atom. The third-order valence-corrected chi connectivity index (χ3v) is 3.13. The third-order valence-electron chi connectivity index (χ3n) is 3.13. The first-order chi connectivity index (χ1) is 10.8. The van der Waals surface area contributed by atoms with Crippen LogP contribution in [0.1, 0.15) is 26.4 Å². The van der Waals surface area contributed by atoms with Crippen molar-refractivity contribution in [3.8, 4) is 5.69 Å². The van der Waals surface area contributed by atoms with Crippen LogP contribution in [0.25, 0.3) is 5.69 Å². The van der Waals surface area contributed by atoms with Crippen molar-refractivity contribution in [1.29, 1.82) is 0 Å². The first kappa shape index (κ1) is 16.6. The maximum absolute atomic E-state index is 13.3. The van der Waals surface area contributed by atoms with E-state index in [2.05, 4.69) is 9.47 Å². The number of halogens is 3. The standard InChI is InChI=1S/C15H12F3NO4/c1-22-13(20)9-5-3-6-10(15(16,17)18)12(9)19-8-4-7-11(19)14(21)23-2/h3-8H,1-2H3. The molecule has 1 aromatic heterocycles. The predicted octanol–water partition coefficient (Wildman–Crippen LogP) is 3.07. The number of hydrogen-bond acceptors (Lipinski definition) is 4. The molecule has 8 heteroatoms. The lowest BCUT2D eigenvalue weighted by Gasteiger charge is -2.18. The van der Waals surface area contributed by atoms with E-state index in [0.29, 0.717) is 0 Å². The Hall–Kier alpha value is -2.77. The molecular formula is C15H12F3NO4. The smallest absolute Gasteiger partial charge is 0.418 e. The van der Waals surface area contributed by atoms with Crippen molar-refractivity contribution < 1.29 is 32.2 Å². The Balaban J connectivity index is 2.81. The van der Waals surface area contributed by atoms with Gasteiger partial charge in [-0.3, -0.25) is 0 Å². The predicted molar refractivity (Wildman–Crippen MR) is 73.5 cm³/mol. The van der Waals surface area contributed by atoms with Crippen molar-refractivity contribution in [3.05, 3.63) is 53.3 Å². The van der Waals surface area contributed by atoms with E-state index in [0.717, 1.165) is 30.9 Å². The van der Waals surface area contributed by atoms with Gasteiger partial charge in [0, 0.05) is 6.20 Å². The molecule has 0 atom stereocenters. The number of nitrogens with zero attached hydrogens (tertiary/aromatic N) is 1. The van der Waals surface area contributed by atoms with E-state index in [4.69, 9.17) is 0 Å². The van der Waals surface area contributed by atoms with Crippen molar-refractivity contribution in [2.24, 2.45) is 0 Å². The number of aromatic nitrogens is 1. The number of carbonyl (C=O) groups is 2. The Morgan fingerprint density at radius 2 is 1.65 bits per heavy atom. The van der Waals surface area contributed by atoms with E-state index in [9.17, 15) is 22.8 Å². The van der Waals surface area contributed by atoms with Crippen LogP contribution in [0.4, 0.5) is 13.2 Å². The summed E-state index contributed by atoms with van der Waals surface area (Å²) in [7, 11) is 2.17. The second-order valence-corrected chi connectivity index (χ2v) is 4.45. The average Bonchev–Trinajstić information content (AvgIpc) is 3.01. The molecule has 0 aliphatic rings. The number of ether oxygens (including phenoxy) is 2. The van der Waals surface area contributed by atoms with Crippen LogP contribution < -0.4 is 0 Å². The molecule has 0 amide bonds. The Labute approximate surface area is 129 Å². The van der Waals surface area contributed by atoms with Crippen LogP contribution in [0.3, 0.4) is 0 Å². The third kappa shape index (κ3) is 3.05. The van der Waals surface area contributed by atoms with Gasteiger partial charge in [-0.25, -0.2) is 9.59 Å². The summed E-state index contributed by atoms with van der Waals surface area (Å²) >= 11 is 0. The molecule has 23 heavy (non-hydrogen) atoms. The fourth-order valence-corrected chi connectivity index (χ4v) is 2.15. The van der Waals surface area contributed by atoms with Crippen LogP contribution in [0, 0.1) is 0 Å². The van der Waals surface area contributed by atoms with Crippen LogP contribution in [-0.2, 0) is 15.7 Å². The van der Waals surface area contributed by atoms with Crippen molar-refractivity contribution in [2.45, 2.75) is 6.18 Å². The van der Waals surface area contributed by atoms with Gasteiger partial charge >= 0.3 is 18.1 Å². The molecule has 0 aliphatic carbocycles. The summed E-state index contributed by atoms with van der Waals surface area (Å²) in [5, 5.41) is 0. The highest BCUT2D eigenvalue weighted by Gasteiger charge is 2.36. The largest absolute Gasteiger partial charge is 0.465 e. The van der Waals surface area contributed by atoms with Gasteiger partial charge in [-0.2, -0.15) is 13.2 Å². The average molecular weight is 327 g/mol. The minimum atomic E-state index is -4.73. The van der Waals surface area contributed by atoms with Crippen molar-refractivity contribution in [2.75, 3.05) is 14.2 Å². The van der Waals surface area contributed by atoms with Gasteiger partial charge in [0.15, 0.2) is 0 Å². The number of rotatable bonds is 3. The molecule has 2 aromatic rings. The monoisotopic (exact) mass is 327 g/mol. The lowest BCUT2D eigenvalue weighted by atomic mass is 10.1. The molecule has 0 saturated heterocycles. The van der Waals surface area contributed by atoms with Gasteiger partial charge in [0.2, 0.25) is 0 Å². The second kappa shape index (κ2) is 6.15. The minimum absolute atomic E-state index is 0.144. The normalized spacial score (nSPS) is 11.2. The van der Waals surface area contributed by atoms with E-state index < -0.39 is 29.4 Å². The lowest BCUT2D eigenvalue weighted by molar-refractivity contribution is -0.137. The topological polar surface area (TPSA) is 57.5 Å². The summed E-state index contributed by atoms with van der Waals surface area (Å²) in [6.45, 7) is 0. The molecule has 0 N–H and O–H groups in total. The molecule has 1 heterocycles. The number of alkyl halides is 3. The van der Waals surface area contributed by atoms with Gasteiger partial charge < -0.3 is 14.0 Å². The molecule has 0 unspecified atom stereocenters. The van der Waals surface area contributed by atoms with Crippen LogP contribution >= 0.6 is 0 Å². The van der Waals surface area contributed by atoms with E-state index in [1.807, 2.05) is 0 Å². The first-order valence-corrected chi connectivity index (χ1v) is 6.35. The van der Waals surface area contributed by atoms with Crippen molar-refractivity contribution >= 4 is 11.9 Å². The maximum atomic E-state index is 13.3. The van der Waals surface area contributed by atoms with Gasteiger partial charge in [0.05, 0.1) is 31.0 Å². The molecule has 1 aromatic carbocycles. The Kier molecular flexibility index (Phi) is 4.44. The summed E-state index contributed by atoms with van der Waals surface area (Å²) in [6.07, 6.45) is -3.49. The summed E-state index contributed by atoms with van der Waals surface area (Å²) < 4.78 is 50.0. The quantitative estimate of drug-likeness (QED) is 0.813. The van der Waals surface area contributed by atoms with Crippen LogP contribution in [0.2, 0.25) is 0 Å². The van der Waals surface area contributed by atoms with Crippen LogP contribution in [-0.4, -0.2) is 30.7 Å². The minimum Gasteiger partial charge on any atom is -0.465 e. The first-order valence-electron chi connectivity index (χ1n) is 6.35. The summed E-state index contributed by atoms with van der Waals surface area (Å²) in [6, 6.07) is 5.78. The van der Waals surface area contributed by atoms with E-state index in [1.54, 1.807) is 0 Å². The number of para-hydroxylation sites is 1. The number of benzene rings is 1. The zero-order chi connectivity index (χ0) is 17.2. The van der Waals surface area contributed by atoms with Crippen LogP contribution in [0.5, 0.6) is 0 Å². The molecule has 0 bridgehead atoms. The highest BCUT2D eigenvalue weighted by atomic mass is 19.4. The molecule has 0 saturated carbocycles. The van der Waals surface area contributed by atoms with Gasteiger partial charge in [0.25, 0.3) is 0 Å². The second-order valence-electron chi connectivity index (χ2n) is 4.45. The van der Waals surface area contributed by atoms with E-state index >= 15 is 0 Å². The zero-order valence-corrected chi connectivity index (χ0v) is 12.2. The number of carbonyl (C=O) groups excluding carboxylic acids is 2. The van der Waals surface area contributed by atoms with Gasteiger partial charge in [0.1, 0.15) is 5.69 Å². The molecule has 5 nitrogen and oxygen atoms in total.